The zero-order valence-electron chi connectivity index (χ0n) is 12.5. The summed E-state index contributed by atoms with van der Waals surface area (Å²) in [5.41, 5.74) is 1.25. The number of ether oxygens (including phenoxy) is 1. The molecule has 0 radical (unpaired) electrons. The second-order valence-corrected chi connectivity index (χ2v) is 4.96. The fraction of sp³-hybridized carbons (Fsp3) is 0.812. The smallest absolute Gasteiger partial charge is 0.307 e. The fourth-order valence-electron chi connectivity index (χ4n) is 1.97. The number of hydrogen-bond donors (Lipinski definition) is 0. The molecule has 0 aliphatic heterocycles. The van der Waals surface area contributed by atoms with Crippen LogP contribution in [0.4, 0.5) is 0 Å². The van der Waals surface area contributed by atoms with E-state index in [2.05, 4.69) is 13.8 Å². The van der Waals surface area contributed by atoms with E-state index in [-0.39, 0.29) is 5.97 Å². The molecule has 0 amide bonds. The van der Waals surface area contributed by atoms with E-state index in [4.69, 9.17) is 4.74 Å². The van der Waals surface area contributed by atoms with E-state index in [1.807, 2.05) is 0 Å². The standard InChI is InChI=1S/C16H30O2/c1-4-6-7-8-9-10-11-12-13-16(5-2)14-18-15(3)17/h14H,4-13H2,1-3H3/b16-14+. The molecule has 0 aromatic heterocycles. The van der Waals surface area contributed by atoms with Gasteiger partial charge in [-0.3, -0.25) is 4.79 Å². The molecule has 0 heterocycles. The summed E-state index contributed by atoms with van der Waals surface area (Å²) < 4.78 is 4.92. The first-order chi connectivity index (χ1) is 8.70. The molecule has 0 aliphatic rings. The largest absolute Gasteiger partial charge is 0.435 e. The lowest BCUT2D eigenvalue weighted by Crippen LogP contribution is -1.93. The molecule has 0 saturated heterocycles. The van der Waals surface area contributed by atoms with Crippen molar-refractivity contribution in [2.45, 2.75) is 85.0 Å². The molecule has 0 rings (SSSR count). The number of hydrogen-bond acceptors (Lipinski definition) is 2. The summed E-state index contributed by atoms with van der Waals surface area (Å²) in [6.07, 6.45) is 14.4. The summed E-state index contributed by atoms with van der Waals surface area (Å²) >= 11 is 0. The van der Waals surface area contributed by atoms with Crippen molar-refractivity contribution in [1.29, 1.82) is 0 Å². The van der Waals surface area contributed by atoms with Gasteiger partial charge in [-0.1, -0.05) is 58.8 Å². The first kappa shape index (κ1) is 17.2. The fourth-order valence-corrected chi connectivity index (χ4v) is 1.97. The number of carbonyl (C=O) groups is 1. The van der Waals surface area contributed by atoms with Crippen LogP contribution in [-0.2, 0) is 9.53 Å². The maximum absolute atomic E-state index is 10.7. The predicted molar refractivity (Wildman–Crippen MR) is 77.4 cm³/mol. The Morgan fingerprint density at radius 1 is 0.944 bits per heavy atom. The van der Waals surface area contributed by atoms with Crippen molar-refractivity contribution in [2.75, 3.05) is 0 Å². The molecular formula is C16H30O2. The minimum atomic E-state index is -0.225. The average molecular weight is 254 g/mol. The molecule has 0 atom stereocenters. The van der Waals surface area contributed by atoms with Crippen LogP contribution < -0.4 is 0 Å². The third-order valence-corrected chi connectivity index (χ3v) is 3.20. The van der Waals surface area contributed by atoms with Gasteiger partial charge < -0.3 is 4.74 Å². The molecule has 0 bridgehead atoms. The van der Waals surface area contributed by atoms with Crippen LogP contribution in [0, 0.1) is 0 Å². The molecule has 0 aliphatic carbocycles. The second-order valence-electron chi connectivity index (χ2n) is 4.96. The van der Waals surface area contributed by atoms with Crippen molar-refractivity contribution in [3.05, 3.63) is 11.8 Å². The van der Waals surface area contributed by atoms with E-state index in [9.17, 15) is 4.79 Å². The molecule has 0 aromatic carbocycles. The Bertz CT molecular complexity index is 231. The molecule has 0 aromatic rings. The molecule has 0 unspecified atom stereocenters. The molecule has 106 valence electrons. The average Bonchev–Trinajstić information content (AvgIpc) is 2.36. The number of esters is 1. The first-order valence-corrected chi connectivity index (χ1v) is 7.55. The van der Waals surface area contributed by atoms with Gasteiger partial charge in [0.15, 0.2) is 0 Å². The number of carbonyl (C=O) groups excluding carboxylic acids is 1. The lowest BCUT2D eigenvalue weighted by atomic mass is 10.0. The van der Waals surface area contributed by atoms with Gasteiger partial charge in [-0.05, 0) is 24.8 Å². The van der Waals surface area contributed by atoms with Gasteiger partial charge in [0, 0.05) is 6.92 Å². The van der Waals surface area contributed by atoms with Crippen LogP contribution >= 0.6 is 0 Å². The highest BCUT2D eigenvalue weighted by Gasteiger charge is 1.98. The molecule has 0 fully saturated rings. The molecule has 0 spiro atoms. The summed E-state index contributed by atoms with van der Waals surface area (Å²) in [6.45, 7) is 5.81. The normalized spacial score (nSPS) is 11.6. The molecular weight excluding hydrogens is 224 g/mol. The molecule has 0 saturated carbocycles. The third-order valence-electron chi connectivity index (χ3n) is 3.20. The number of rotatable bonds is 11. The van der Waals surface area contributed by atoms with E-state index in [1.54, 1.807) is 6.26 Å². The van der Waals surface area contributed by atoms with Gasteiger partial charge in [0.2, 0.25) is 0 Å². The Morgan fingerprint density at radius 3 is 2.00 bits per heavy atom. The first-order valence-electron chi connectivity index (χ1n) is 7.55. The third kappa shape index (κ3) is 11.7. The van der Waals surface area contributed by atoms with Crippen molar-refractivity contribution in [3.8, 4) is 0 Å². The van der Waals surface area contributed by atoms with Gasteiger partial charge >= 0.3 is 5.97 Å². The SMILES string of the molecule is CCCCCCCCCC/C(=C/OC(C)=O)CC. The van der Waals surface area contributed by atoms with Crippen LogP contribution in [0.25, 0.3) is 0 Å². The summed E-state index contributed by atoms with van der Waals surface area (Å²) in [4.78, 5) is 10.7. The highest BCUT2D eigenvalue weighted by Crippen LogP contribution is 2.15. The highest BCUT2D eigenvalue weighted by atomic mass is 16.5. The van der Waals surface area contributed by atoms with E-state index in [0.717, 1.165) is 12.8 Å². The monoisotopic (exact) mass is 254 g/mol. The molecule has 0 N–H and O–H groups in total. The molecule has 2 nitrogen and oxygen atoms in total. The number of unbranched alkanes of at least 4 members (excludes halogenated alkanes) is 7. The maximum Gasteiger partial charge on any atom is 0.307 e. The Morgan fingerprint density at radius 2 is 1.50 bits per heavy atom. The van der Waals surface area contributed by atoms with Crippen molar-refractivity contribution < 1.29 is 9.53 Å². The summed E-state index contributed by atoms with van der Waals surface area (Å²) in [7, 11) is 0. The zero-order valence-corrected chi connectivity index (χ0v) is 12.5. The Balaban J connectivity index is 3.45. The van der Waals surface area contributed by atoms with Gasteiger partial charge in [0.1, 0.15) is 0 Å². The highest BCUT2D eigenvalue weighted by molar-refractivity contribution is 5.66. The summed E-state index contributed by atoms with van der Waals surface area (Å²) in [5.74, 6) is -0.225. The molecule has 2 heteroatoms. The van der Waals surface area contributed by atoms with Crippen molar-refractivity contribution in [2.24, 2.45) is 0 Å². The Hall–Kier alpha value is -0.790. The van der Waals surface area contributed by atoms with Crippen molar-refractivity contribution in [3.63, 3.8) is 0 Å². The topological polar surface area (TPSA) is 26.3 Å². The minimum Gasteiger partial charge on any atom is -0.435 e. The predicted octanol–water partition coefficient (Wildman–Crippen LogP) is 5.37. The van der Waals surface area contributed by atoms with Gasteiger partial charge in [-0.2, -0.15) is 0 Å². The van der Waals surface area contributed by atoms with Gasteiger partial charge in [-0.25, -0.2) is 0 Å². The van der Waals surface area contributed by atoms with E-state index < -0.39 is 0 Å². The molecule has 18 heavy (non-hydrogen) atoms. The lowest BCUT2D eigenvalue weighted by molar-refractivity contribution is -0.135. The van der Waals surface area contributed by atoms with Crippen LogP contribution in [0.5, 0.6) is 0 Å². The van der Waals surface area contributed by atoms with Crippen molar-refractivity contribution >= 4 is 5.97 Å². The minimum absolute atomic E-state index is 0.225. The lowest BCUT2D eigenvalue weighted by Gasteiger charge is -2.05. The van der Waals surface area contributed by atoms with Crippen LogP contribution in [-0.4, -0.2) is 5.97 Å². The zero-order chi connectivity index (χ0) is 13.6. The van der Waals surface area contributed by atoms with E-state index in [1.165, 1.54) is 63.9 Å². The van der Waals surface area contributed by atoms with Crippen LogP contribution in [0.15, 0.2) is 11.8 Å². The second kappa shape index (κ2) is 12.7. The van der Waals surface area contributed by atoms with E-state index >= 15 is 0 Å². The van der Waals surface area contributed by atoms with E-state index in [0.29, 0.717) is 0 Å². The Labute approximate surface area is 113 Å². The maximum atomic E-state index is 10.7. The van der Waals surface area contributed by atoms with Crippen molar-refractivity contribution in [1.82, 2.24) is 0 Å². The van der Waals surface area contributed by atoms with Crippen LogP contribution in [0.3, 0.4) is 0 Å². The quantitative estimate of drug-likeness (QED) is 0.281. The van der Waals surface area contributed by atoms with Gasteiger partial charge in [0.05, 0.1) is 6.26 Å². The van der Waals surface area contributed by atoms with Gasteiger partial charge in [0.25, 0.3) is 0 Å². The van der Waals surface area contributed by atoms with Crippen LogP contribution in [0.1, 0.15) is 85.0 Å². The summed E-state index contributed by atoms with van der Waals surface area (Å²) in [6, 6.07) is 0. The van der Waals surface area contributed by atoms with Crippen LogP contribution in [0.2, 0.25) is 0 Å². The number of allylic oxidation sites excluding steroid dienone is 1. The summed E-state index contributed by atoms with van der Waals surface area (Å²) in [5, 5.41) is 0. The Kier molecular flexibility index (Phi) is 12.1. The van der Waals surface area contributed by atoms with Gasteiger partial charge in [-0.15, -0.1) is 0 Å².